The smallest absolute Gasteiger partial charge is 0.280 e. The van der Waals surface area contributed by atoms with Crippen LogP contribution in [0.1, 0.15) is 11.6 Å². The van der Waals surface area contributed by atoms with Crippen LogP contribution < -0.4 is 15.5 Å². The van der Waals surface area contributed by atoms with Crippen molar-refractivity contribution in [1.29, 1.82) is 0 Å². The topological polar surface area (TPSA) is 58.4 Å². The lowest BCUT2D eigenvalue weighted by atomic mass is 9.95. The van der Waals surface area contributed by atoms with Gasteiger partial charge in [-0.2, -0.15) is 4.68 Å². The number of carbonyl (C=O) groups excluding carboxylic acids is 1. The van der Waals surface area contributed by atoms with Crippen molar-refractivity contribution in [3.05, 3.63) is 94.8 Å². The third-order valence-corrected chi connectivity index (χ3v) is 6.18. The molecule has 5 rings (SSSR count). The van der Waals surface area contributed by atoms with Gasteiger partial charge in [0.15, 0.2) is 5.82 Å². The van der Waals surface area contributed by atoms with Crippen LogP contribution in [0.4, 0.5) is 5.69 Å². The van der Waals surface area contributed by atoms with Gasteiger partial charge in [-0.05, 0) is 29.8 Å². The zero-order valence-corrected chi connectivity index (χ0v) is 18.4. The second kappa shape index (κ2) is 7.80. The number of halogens is 1. The number of hydrogen-bond acceptors (Lipinski definition) is 4. The summed E-state index contributed by atoms with van der Waals surface area (Å²) in [6.45, 7) is 0. The van der Waals surface area contributed by atoms with E-state index in [1.807, 2.05) is 79.7 Å². The molecular formula is C25H21ClN4O2. The summed E-state index contributed by atoms with van der Waals surface area (Å²) >= 11 is 6.48. The van der Waals surface area contributed by atoms with Gasteiger partial charge in [0, 0.05) is 25.3 Å². The van der Waals surface area contributed by atoms with Gasteiger partial charge in [-0.25, -0.2) is 9.99 Å². The molecule has 2 unspecified atom stereocenters. The van der Waals surface area contributed by atoms with Gasteiger partial charge in [-0.3, -0.25) is 9.59 Å². The summed E-state index contributed by atoms with van der Waals surface area (Å²) in [6, 6.07) is 23.9. The molecule has 0 bridgehead atoms. The van der Waals surface area contributed by atoms with Gasteiger partial charge in [0.25, 0.3) is 11.5 Å². The molecule has 1 fully saturated rings. The molecule has 3 aromatic carbocycles. The number of anilines is 1. The van der Waals surface area contributed by atoms with Crippen molar-refractivity contribution in [1.82, 2.24) is 9.66 Å². The normalized spacial score (nSPS) is 18.0. The molecule has 6 nitrogen and oxygen atoms in total. The zero-order valence-electron chi connectivity index (χ0n) is 17.6. The summed E-state index contributed by atoms with van der Waals surface area (Å²) in [6.07, 6.45) is 0. The molecule has 1 aromatic heterocycles. The fourth-order valence-electron chi connectivity index (χ4n) is 4.04. The molecule has 1 aliphatic rings. The molecule has 1 aliphatic heterocycles. The highest BCUT2D eigenvalue weighted by atomic mass is 35.5. The number of fused-ring (bicyclic) bond motifs is 1. The van der Waals surface area contributed by atoms with Gasteiger partial charge < -0.3 is 4.90 Å². The fourth-order valence-corrected chi connectivity index (χ4v) is 4.39. The predicted octanol–water partition coefficient (Wildman–Crippen LogP) is 3.96. The fraction of sp³-hybridized carbons (Fsp3) is 0.160. The Hall–Kier alpha value is -3.64. The van der Waals surface area contributed by atoms with E-state index in [2.05, 4.69) is 0 Å². The summed E-state index contributed by atoms with van der Waals surface area (Å²) in [5.74, 6) is 0.0749. The molecule has 0 radical (unpaired) electrons. The third-order valence-electron chi connectivity index (χ3n) is 5.75. The Kier molecular flexibility index (Phi) is 4.94. The number of rotatable bonds is 4. The maximum absolute atomic E-state index is 13.6. The summed E-state index contributed by atoms with van der Waals surface area (Å²) in [5.41, 5.74) is 2.90. The van der Waals surface area contributed by atoms with Crippen LogP contribution in [0.15, 0.2) is 83.7 Å². The van der Waals surface area contributed by atoms with E-state index in [1.165, 1.54) is 9.69 Å². The van der Waals surface area contributed by atoms with E-state index in [-0.39, 0.29) is 11.5 Å². The number of benzene rings is 3. The second-order valence-electron chi connectivity index (χ2n) is 7.95. The Morgan fingerprint density at radius 3 is 2.22 bits per heavy atom. The summed E-state index contributed by atoms with van der Waals surface area (Å²) in [7, 11) is 3.93. The molecule has 32 heavy (non-hydrogen) atoms. The lowest BCUT2D eigenvalue weighted by molar-refractivity contribution is -0.126. The van der Waals surface area contributed by atoms with E-state index in [0.29, 0.717) is 16.7 Å². The van der Waals surface area contributed by atoms with Crippen molar-refractivity contribution in [3.8, 4) is 11.4 Å². The number of β-lactam (4-membered cyclic amide) rings is 1. The van der Waals surface area contributed by atoms with Gasteiger partial charge in [-0.1, -0.05) is 54.6 Å². The highest BCUT2D eigenvalue weighted by Crippen LogP contribution is 2.38. The van der Waals surface area contributed by atoms with Gasteiger partial charge in [0.2, 0.25) is 0 Å². The highest BCUT2D eigenvalue weighted by molar-refractivity contribution is 6.36. The lowest BCUT2D eigenvalue weighted by Gasteiger charge is -2.45. The van der Waals surface area contributed by atoms with Crippen molar-refractivity contribution < 1.29 is 4.79 Å². The maximum Gasteiger partial charge on any atom is 0.280 e. The van der Waals surface area contributed by atoms with Gasteiger partial charge in [0.1, 0.15) is 11.4 Å². The Bertz CT molecular complexity index is 1370. The van der Waals surface area contributed by atoms with Crippen molar-refractivity contribution in [2.75, 3.05) is 24.0 Å². The number of alkyl halides is 1. The van der Waals surface area contributed by atoms with E-state index in [4.69, 9.17) is 16.6 Å². The minimum Gasteiger partial charge on any atom is -0.378 e. The van der Waals surface area contributed by atoms with E-state index >= 15 is 0 Å². The van der Waals surface area contributed by atoms with Crippen molar-refractivity contribution in [3.63, 3.8) is 0 Å². The molecular weight excluding hydrogens is 424 g/mol. The molecule has 1 amide bonds. The molecule has 7 heteroatoms. The average molecular weight is 445 g/mol. The molecule has 4 aromatic rings. The Labute approximate surface area is 190 Å². The van der Waals surface area contributed by atoms with Crippen LogP contribution in [0.3, 0.4) is 0 Å². The van der Waals surface area contributed by atoms with Crippen LogP contribution in [-0.4, -0.2) is 35.0 Å². The Morgan fingerprint density at radius 1 is 0.875 bits per heavy atom. The van der Waals surface area contributed by atoms with Crippen molar-refractivity contribution >= 4 is 34.1 Å². The van der Waals surface area contributed by atoms with Gasteiger partial charge >= 0.3 is 0 Å². The van der Waals surface area contributed by atoms with Crippen LogP contribution in [0.5, 0.6) is 0 Å². The lowest BCUT2D eigenvalue weighted by Crippen LogP contribution is -2.64. The molecule has 160 valence electrons. The first-order valence-corrected chi connectivity index (χ1v) is 10.7. The quantitative estimate of drug-likeness (QED) is 0.353. The number of para-hydroxylation sites is 1. The van der Waals surface area contributed by atoms with Gasteiger partial charge in [0.05, 0.1) is 10.9 Å². The number of hydrogen-bond donors (Lipinski definition) is 0. The van der Waals surface area contributed by atoms with Crippen LogP contribution in [0.2, 0.25) is 0 Å². The first-order chi connectivity index (χ1) is 15.5. The molecule has 0 saturated carbocycles. The number of nitrogens with zero attached hydrogens (tertiary/aromatic N) is 4. The minimum absolute atomic E-state index is 0.304. The summed E-state index contributed by atoms with van der Waals surface area (Å²) < 4.78 is 1.38. The molecule has 0 N–H and O–H groups in total. The van der Waals surface area contributed by atoms with Crippen molar-refractivity contribution in [2.24, 2.45) is 0 Å². The Balaban J connectivity index is 1.71. The first-order valence-electron chi connectivity index (χ1n) is 10.3. The monoisotopic (exact) mass is 444 g/mol. The van der Waals surface area contributed by atoms with Crippen LogP contribution in [-0.2, 0) is 4.79 Å². The SMILES string of the molecule is CN(C)c1ccc(C2C(Cl)C(=O)N2n2c(-c3ccccc3)nc3ccccc3c2=O)cc1. The minimum atomic E-state index is -0.762. The molecule has 0 aliphatic carbocycles. The van der Waals surface area contributed by atoms with Gasteiger partial charge in [-0.15, -0.1) is 11.6 Å². The van der Waals surface area contributed by atoms with E-state index in [1.54, 1.807) is 18.2 Å². The number of aromatic nitrogens is 2. The molecule has 2 heterocycles. The van der Waals surface area contributed by atoms with Crippen LogP contribution >= 0.6 is 11.6 Å². The summed E-state index contributed by atoms with van der Waals surface area (Å²) in [5, 5.41) is 1.12. The Morgan fingerprint density at radius 2 is 1.53 bits per heavy atom. The number of amides is 1. The van der Waals surface area contributed by atoms with Crippen molar-refractivity contribution in [2.45, 2.75) is 11.4 Å². The average Bonchev–Trinajstić information content (AvgIpc) is 2.83. The van der Waals surface area contributed by atoms with E-state index < -0.39 is 11.4 Å². The molecule has 0 spiro atoms. The summed E-state index contributed by atoms with van der Waals surface area (Å²) in [4.78, 5) is 33.4. The highest BCUT2D eigenvalue weighted by Gasteiger charge is 2.50. The van der Waals surface area contributed by atoms with E-state index in [9.17, 15) is 9.59 Å². The zero-order chi connectivity index (χ0) is 22.4. The molecule has 2 atom stereocenters. The first kappa shape index (κ1) is 20.3. The maximum atomic E-state index is 13.6. The predicted molar refractivity (Wildman–Crippen MR) is 128 cm³/mol. The second-order valence-corrected chi connectivity index (χ2v) is 8.42. The number of carbonyl (C=O) groups is 1. The van der Waals surface area contributed by atoms with E-state index in [0.717, 1.165) is 16.8 Å². The van der Waals surface area contributed by atoms with Crippen LogP contribution in [0.25, 0.3) is 22.3 Å². The van der Waals surface area contributed by atoms with Crippen LogP contribution in [0, 0.1) is 0 Å². The largest absolute Gasteiger partial charge is 0.378 e. The standard InChI is InChI=1S/C25H21ClN4O2/c1-28(2)18-14-12-16(13-15-18)22-21(26)25(32)29(22)30-23(17-8-4-3-5-9-17)27-20-11-7-6-10-19(20)24(30)31/h3-15,21-22H,1-2H3. The molecule has 1 saturated heterocycles. The third kappa shape index (κ3) is 3.15.